The smallest absolute Gasteiger partial charge is 0.293 e. The molecule has 0 unspecified atom stereocenters. The molecule has 0 spiro atoms. The molecule has 1 amide bonds. The van der Waals surface area contributed by atoms with Crippen LogP contribution >= 0.6 is 0 Å². The zero-order valence-corrected chi connectivity index (χ0v) is 8.40. The van der Waals surface area contributed by atoms with E-state index in [1.807, 2.05) is 41.8 Å². The molecule has 3 heteroatoms. The number of nitrogens with zero attached hydrogens (tertiary/aromatic N) is 2. The molecule has 0 fully saturated rings. The van der Waals surface area contributed by atoms with Gasteiger partial charge in [-0.25, -0.2) is 4.99 Å². The minimum atomic E-state index is -0.130. The fourth-order valence-electron chi connectivity index (χ4n) is 2.05. The fourth-order valence-corrected chi connectivity index (χ4v) is 2.05. The lowest BCUT2D eigenvalue weighted by Gasteiger charge is -2.12. The molecule has 2 aromatic rings. The van der Waals surface area contributed by atoms with Crippen LogP contribution in [-0.2, 0) is 6.54 Å². The first kappa shape index (κ1) is 8.41. The molecule has 0 radical (unpaired) electrons. The van der Waals surface area contributed by atoms with Crippen molar-refractivity contribution < 1.29 is 4.79 Å². The van der Waals surface area contributed by atoms with Crippen molar-refractivity contribution in [2.75, 3.05) is 0 Å². The number of hydrogen-bond donors (Lipinski definition) is 0. The zero-order chi connectivity index (χ0) is 10.4. The van der Waals surface area contributed by atoms with Crippen LogP contribution in [0.1, 0.15) is 17.4 Å². The van der Waals surface area contributed by atoms with Gasteiger partial charge in [-0.3, -0.25) is 4.79 Å². The zero-order valence-electron chi connectivity index (χ0n) is 8.40. The fraction of sp³-hybridized carbons (Fsp3) is 0.167. The molecule has 3 rings (SSSR count). The Morgan fingerprint density at radius 2 is 2.13 bits per heavy atom. The summed E-state index contributed by atoms with van der Waals surface area (Å²) in [7, 11) is 0. The number of fused-ring (bicyclic) bond motifs is 3. The number of hydrogen-bond acceptors (Lipinski definition) is 1. The molecule has 0 bridgehead atoms. The molecule has 1 aromatic heterocycles. The maximum absolute atomic E-state index is 11.7. The van der Waals surface area contributed by atoms with Gasteiger partial charge in [0, 0.05) is 16.6 Å². The van der Waals surface area contributed by atoms with Crippen molar-refractivity contribution in [2.45, 2.75) is 13.5 Å². The van der Waals surface area contributed by atoms with E-state index >= 15 is 0 Å². The van der Waals surface area contributed by atoms with Gasteiger partial charge >= 0.3 is 0 Å². The largest absolute Gasteiger partial charge is 0.331 e. The Labute approximate surface area is 87.0 Å². The number of amides is 1. The average Bonchev–Trinajstić information content (AvgIpc) is 2.57. The predicted molar refractivity (Wildman–Crippen MR) is 59.4 cm³/mol. The quantitative estimate of drug-likeness (QED) is 0.639. The van der Waals surface area contributed by atoms with E-state index in [0.717, 1.165) is 16.6 Å². The highest BCUT2D eigenvalue weighted by Crippen LogP contribution is 2.22. The second kappa shape index (κ2) is 2.79. The minimum absolute atomic E-state index is 0.130. The van der Waals surface area contributed by atoms with E-state index in [-0.39, 0.29) is 5.91 Å². The van der Waals surface area contributed by atoms with Crippen LogP contribution in [0.25, 0.3) is 10.9 Å². The van der Waals surface area contributed by atoms with Crippen molar-refractivity contribution in [3.63, 3.8) is 0 Å². The Morgan fingerprint density at radius 3 is 3.00 bits per heavy atom. The average molecular weight is 198 g/mol. The van der Waals surface area contributed by atoms with E-state index in [0.29, 0.717) is 12.2 Å². The van der Waals surface area contributed by atoms with Crippen LogP contribution in [0.5, 0.6) is 0 Å². The second-order valence-electron chi connectivity index (χ2n) is 3.83. The van der Waals surface area contributed by atoms with Crippen molar-refractivity contribution in [3.05, 3.63) is 36.0 Å². The molecular formula is C12H10N2O. The molecule has 1 aliphatic heterocycles. The van der Waals surface area contributed by atoms with E-state index in [9.17, 15) is 4.79 Å². The molecule has 15 heavy (non-hydrogen) atoms. The van der Waals surface area contributed by atoms with Crippen LogP contribution in [0.4, 0.5) is 0 Å². The van der Waals surface area contributed by atoms with Gasteiger partial charge in [0.05, 0.1) is 6.54 Å². The summed E-state index contributed by atoms with van der Waals surface area (Å²) in [6.07, 6.45) is 0. The van der Waals surface area contributed by atoms with Gasteiger partial charge in [0.15, 0.2) is 0 Å². The van der Waals surface area contributed by atoms with Crippen molar-refractivity contribution in [3.8, 4) is 0 Å². The first-order valence-electron chi connectivity index (χ1n) is 4.92. The van der Waals surface area contributed by atoms with Gasteiger partial charge in [-0.2, -0.15) is 0 Å². The molecule has 3 nitrogen and oxygen atoms in total. The highest BCUT2D eigenvalue weighted by molar-refractivity contribution is 6.08. The third kappa shape index (κ3) is 1.13. The van der Waals surface area contributed by atoms with Crippen molar-refractivity contribution in [2.24, 2.45) is 4.99 Å². The lowest BCUT2D eigenvalue weighted by molar-refractivity contribution is 0.0991. The molecule has 1 aliphatic rings. The van der Waals surface area contributed by atoms with Crippen LogP contribution in [-0.4, -0.2) is 16.2 Å². The first-order chi connectivity index (χ1) is 7.25. The summed E-state index contributed by atoms with van der Waals surface area (Å²) in [5, 5.41) is 1.10. The normalized spacial score (nSPS) is 15.3. The third-order valence-electron chi connectivity index (χ3n) is 2.71. The Hall–Kier alpha value is -1.90. The summed E-state index contributed by atoms with van der Waals surface area (Å²) in [6.45, 7) is 2.60. The Bertz CT molecular complexity index is 593. The van der Waals surface area contributed by atoms with Crippen LogP contribution in [0.15, 0.2) is 35.3 Å². The number of aromatic nitrogens is 1. The van der Waals surface area contributed by atoms with E-state index in [2.05, 4.69) is 4.99 Å². The SMILES string of the molecule is CC1=NC(=O)c2cc3ccccc3n2C1. The molecule has 0 aliphatic carbocycles. The van der Waals surface area contributed by atoms with Gasteiger partial charge < -0.3 is 4.57 Å². The highest BCUT2D eigenvalue weighted by atomic mass is 16.1. The summed E-state index contributed by atoms with van der Waals surface area (Å²) in [6, 6.07) is 9.93. The molecule has 2 heterocycles. The van der Waals surface area contributed by atoms with Crippen molar-refractivity contribution in [1.82, 2.24) is 4.57 Å². The number of carbonyl (C=O) groups excluding carboxylic acids is 1. The van der Waals surface area contributed by atoms with Crippen LogP contribution < -0.4 is 0 Å². The van der Waals surface area contributed by atoms with Gasteiger partial charge in [-0.15, -0.1) is 0 Å². The van der Waals surface area contributed by atoms with Gasteiger partial charge in [-0.1, -0.05) is 18.2 Å². The molecular weight excluding hydrogens is 188 g/mol. The lowest BCUT2D eigenvalue weighted by atomic mass is 10.2. The number of carbonyl (C=O) groups is 1. The van der Waals surface area contributed by atoms with Crippen molar-refractivity contribution in [1.29, 1.82) is 0 Å². The molecule has 74 valence electrons. The number of para-hydroxylation sites is 1. The van der Waals surface area contributed by atoms with Gasteiger partial charge in [0.1, 0.15) is 5.69 Å². The Kier molecular flexibility index (Phi) is 1.57. The minimum Gasteiger partial charge on any atom is -0.331 e. The summed E-state index contributed by atoms with van der Waals surface area (Å²) in [4.78, 5) is 15.6. The maximum atomic E-state index is 11.7. The van der Waals surface area contributed by atoms with Gasteiger partial charge in [0.25, 0.3) is 5.91 Å². The van der Waals surface area contributed by atoms with E-state index in [1.165, 1.54) is 0 Å². The standard InChI is InChI=1S/C12H10N2O/c1-8-7-14-10-5-3-2-4-9(10)6-11(14)12(15)13-8/h2-6H,7H2,1H3. The lowest BCUT2D eigenvalue weighted by Crippen LogP contribution is -2.19. The summed E-state index contributed by atoms with van der Waals surface area (Å²) in [5.41, 5.74) is 2.67. The maximum Gasteiger partial charge on any atom is 0.293 e. The van der Waals surface area contributed by atoms with Gasteiger partial charge in [0.2, 0.25) is 0 Å². The monoisotopic (exact) mass is 198 g/mol. The number of aliphatic imine (C=N–C) groups is 1. The highest BCUT2D eigenvalue weighted by Gasteiger charge is 2.19. The predicted octanol–water partition coefficient (Wildman–Crippen LogP) is 2.26. The Morgan fingerprint density at radius 1 is 1.33 bits per heavy atom. The molecule has 0 atom stereocenters. The van der Waals surface area contributed by atoms with Gasteiger partial charge in [-0.05, 0) is 19.1 Å². The van der Waals surface area contributed by atoms with E-state index in [4.69, 9.17) is 0 Å². The van der Waals surface area contributed by atoms with Crippen LogP contribution in [0, 0.1) is 0 Å². The molecule has 0 saturated heterocycles. The molecule has 0 N–H and O–H groups in total. The summed E-state index contributed by atoms with van der Waals surface area (Å²) < 4.78 is 2.03. The number of benzene rings is 1. The Balaban J connectivity index is 2.36. The number of rotatable bonds is 0. The van der Waals surface area contributed by atoms with E-state index in [1.54, 1.807) is 0 Å². The van der Waals surface area contributed by atoms with Crippen LogP contribution in [0.3, 0.4) is 0 Å². The molecule has 1 aromatic carbocycles. The van der Waals surface area contributed by atoms with E-state index < -0.39 is 0 Å². The molecule has 0 saturated carbocycles. The van der Waals surface area contributed by atoms with Crippen molar-refractivity contribution >= 4 is 22.5 Å². The summed E-state index contributed by atoms with van der Waals surface area (Å²) >= 11 is 0. The summed E-state index contributed by atoms with van der Waals surface area (Å²) in [5.74, 6) is -0.130. The topological polar surface area (TPSA) is 34.4 Å². The van der Waals surface area contributed by atoms with Crippen LogP contribution in [0.2, 0.25) is 0 Å². The first-order valence-corrected chi connectivity index (χ1v) is 4.92. The second-order valence-corrected chi connectivity index (χ2v) is 3.83. The third-order valence-corrected chi connectivity index (χ3v) is 2.71.